The Morgan fingerprint density at radius 2 is 2.14 bits per heavy atom. The molecule has 3 rings (SSSR count). The predicted octanol–water partition coefficient (Wildman–Crippen LogP) is 3.73. The molecule has 0 aliphatic heterocycles. The monoisotopic (exact) mass is 407 g/mol. The molecule has 1 amide bonds. The second-order valence-corrected chi connectivity index (χ2v) is 9.26. The van der Waals surface area contributed by atoms with Crippen LogP contribution < -0.4 is 10.6 Å². The van der Waals surface area contributed by atoms with Crippen LogP contribution in [-0.4, -0.2) is 41.7 Å². The molecule has 0 saturated heterocycles. The number of halogens is 1. The van der Waals surface area contributed by atoms with Crippen molar-refractivity contribution in [1.82, 2.24) is 15.6 Å². The van der Waals surface area contributed by atoms with Crippen molar-refractivity contribution < 1.29 is 9.90 Å². The molecule has 1 unspecified atom stereocenters. The molecule has 0 spiro atoms. The zero-order valence-corrected chi connectivity index (χ0v) is 17.7. The van der Waals surface area contributed by atoms with Crippen LogP contribution in [0.4, 0.5) is 0 Å². The van der Waals surface area contributed by atoms with Crippen LogP contribution in [0.1, 0.15) is 74.3 Å². The van der Waals surface area contributed by atoms with Gasteiger partial charge < -0.3 is 15.7 Å². The fraction of sp³-hybridized carbons (Fsp3) is 0.727. The van der Waals surface area contributed by atoms with Gasteiger partial charge in [-0.15, -0.1) is 0 Å². The molecule has 156 valence electrons. The number of aliphatic hydroxyl groups is 1. The average molecular weight is 408 g/mol. The van der Waals surface area contributed by atoms with E-state index in [1.807, 2.05) is 6.07 Å². The van der Waals surface area contributed by atoms with Crippen LogP contribution in [0.2, 0.25) is 5.02 Å². The molecule has 2 saturated carbocycles. The number of hydrogen-bond donors (Lipinski definition) is 3. The maximum atomic E-state index is 12.8. The van der Waals surface area contributed by atoms with Gasteiger partial charge in [0.05, 0.1) is 16.7 Å². The molecule has 0 aromatic carbocycles. The van der Waals surface area contributed by atoms with Gasteiger partial charge in [-0.3, -0.25) is 9.78 Å². The lowest BCUT2D eigenvalue weighted by Crippen LogP contribution is -2.43. The quantitative estimate of drug-likeness (QED) is 0.545. The van der Waals surface area contributed by atoms with Crippen molar-refractivity contribution in [3.63, 3.8) is 0 Å². The van der Waals surface area contributed by atoms with E-state index >= 15 is 0 Å². The maximum Gasteiger partial charge on any atom is 0.252 e. The second kappa shape index (κ2) is 10.0. The summed E-state index contributed by atoms with van der Waals surface area (Å²) in [6.45, 7) is 3.92. The molecule has 0 radical (unpaired) electrons. The molecule has 28 heavy (non-hydrogen) atoms. The van der Waals surface area contributed by atoms with E-state index in [0.717, 1.165) is 37.5 Å². The molecular weight excluding hydrogens is 374 g/mol. The van der Waals surface area contributed by atoms with E-state index in [2.05, 4.69) is 15.6 Å². The van der Waals surface area contributed by atoms with E-state index in [1.54, 1.807) is 13.1 Å². The largest absolute Gasteiger partial charge is 0.392 e. The number of carbonyl (C=O) groups is 1. The number of aromatic nitrogens is 1. The van der Waals surface area contributed by atoms with E-state index in [1.165, 1.54) is 44.9 Å². The van der Waals surface area contributed by atoms with Crippen LogP contribution in [-0.2, 0) is 6.42 Å². The molecule has 1 aromatic rings. The lowest BCUT2D eigenvalue weighted by atomic mass is 9.62. The number of fused-ring (bicyclic) bond motifs is 2. The number of amides is 1. The summed E-state index contributed by atoms with van der Waals surface area (Å²) in [5.41, 5.74) is 1.71. The number of carbonyl (C=O) groups excluding carboxylic acids is 1. The number of rotatable bonds is 9. The molecule has 6 heteroatoms. The highest BCUT2D eigenvalue weighted by Gasteiger charge is 2.39. The van der Waals surface area contributed by atoms with Gasteiger partial charge in [0.2, 0.25) is 0 Å². The summed E-state index contributed by atoms with van der Waals surface area (Å²) in [6.07, 6.45) is 12.0. The minimum Gasteiger partial charge on any atom is -0.392 e. The highest BCUT2D eigenvalue weighted by atomic mass is 35.5. The Morgan fingerprint density at radius 1 is 1.39 bits per heavy atom. The Balaban J connectivity index is 1.52. The van der Waals surface area contributed by atoms with E-state index in [4.69, 9.17) is 11.6 Å². The van der Waals surface area contributed by atoms with Crippen LogP contribution >= 0.6 is 11.6 Å². The van der Waals surface area contributed by atoms with Crippen molar-refractivity contribution in [3.05, 3.63) is 28.5 Å². The molecule has 2 fully saturated rings. The van der Waals surface area contributed by atoms with Gasteiger partial charge >= 0.3 is 0 Å². The van der Waals surface area contributed by atoms with Gasteiger partial charge in [0, 0.05) is 25.0 Å². The molecule has 2 aliphatic carbocycles. The van der Waals surface area contributed by atoms with Gasteiger partial charge in [-0.1, -0.05) is 37.3 Å². The van der Waals surface area contributed by atoms with Crippen LogP contribution in [0, 0.1) is 11.3 Å². The summed E-state index contributed by atoms with van der Waals surface area (Å²) in [6, 6.07) is 1.83. The highest BCUT2D eigenvalue weighted by Crippen LogP contribution is 2.48. The van der Waals surface area contributed by atoms with Crippen molar-refractivity contribution in [2.75, 3.05) is 19.6 Å². The minimum atomic E-state index is -0.341. The average Bonchev–Trinajstić information content (AvgIpc) is 2.67. The van der Waals surface area contributed by atoms with Crippen molar-refractivity contribution in [2.24, 2.45) is 11.3 Å². The molecule has 3 N–H and O–H groups in total. The second-order valence-electron chi connectivity index (χ2n) is 8.85. The van der Waals surface area contributed by atoms with E-state index in [9.17, 15) is 9.90 Å². The van der Waals surface area contributed by atoms with Gasteiger partial charge in [0.15, 0.2) is 0 Å². The van der Waals surface area contributed by atoms with Gasteiger partial charge in [-0.2, -0.15) is 0 Å². The molecule has 2 bridgehead atoms. The fourth-order valence-electron chi connectivity index (χ4n) is 4.93. The summed E-state index contributed by atoms with van der Waals surface area (Å²) in [4.78, 5) is 17.2. The lowest BCUT2D eigenvalue weighted by molar-refractivity contribution is 0.0681. The van der Waals surface area contributed by atoms with Gasteiger partial charge in [-0.05, 0) is 63.0 Å². The first-order valence-electron chi connectivity index (χ1n) is 10.8. The Kier molecular flexibility index (Phi) is 7.72. The third-order valence-electron chi connectivity index (χ3n) is 6.37. The van der Waals surface area contributed by atoms with Crippen molar-refractivity contribution in [3.8, 4) is 0 Å². The zero-order chi connectivity index (χ0) is 20.0. The summed E-state index contributed by atoms with van der Waals surface area (Å²) in [7, 11) is 0. The molecular formula is C22H34ClN3O2. The molecule has 1 atom stereocenters. The first-order chi connectivity index (χ1) is 13.5. The topological polar surface area (TPSA) is 74.2 Å². The number of pyridine rings is 1. The van der Waals surface area contributed by atoms with E-state index in [0.29, 0.717) is 22.5 Å². The Hall–Kier alpha value is -1.17. The number of hydrogen-bond acceptors (Lipinski definition) is 4. The van der Waals surface area contributed by atoms with Gasteiger partial charge in [0.1, 0.15) is 0 Å². The van der Waals surface area contributed by atoms with Crippen LogP contribution in [0.15, 0.2) is 12.3 Å². The predicted molar refractivity (Wildman–Crippen MR) is 113 cm³/mol. The molecule has 5 nitrogen and oxygen atoms in total. The van der Waals surface area contributed by atoms with Gasteiger partial charge in [0.25, 0.3) is 5.91 Å². The third-order valence-corrected chi connectivity index (χ3v) is 6.67. The van der Waals surface area contributed by atoms with E-state index in [-0.39, 0.29) is 12.0 Å². The standard InChI is InChI=1S/C22H34ClN3O2/c1-16(27)13-24-10-4-7-18-11-19(20(23)14-25-18)21(28)26-15-22-8-2-5-17(12-22)6-3-9-22/h11,14,16-17,24,27H,2-10,12-13,15H2,1H3,(H,26,28). The zero-order valence-electron chi connectivity index (χ0n) is 17.0. The van der Waals surface area contributed by atoms with Crippen molar-refractivity contribution in [1.29, 1.82) is 0 Å². The normalized spacial score (nSPS) is 25.3. The lowest BCUT2D eigenvalue weighted by Gasteiger charge is -2.45. The fourth-order valence-corrected chi connectivity index (χ4v) is 5.12. The first-order valence-corrected chi connectivity index (χ1v) is 11.2. The van der Waals surface area contributed by atoms with Crippen LogP contribution in [0.25, 0.3) is 0 Å². The number of aryl methyl sites for hydroxylation is 1. The van der Waals surface area contributed by atoms with Crippen molar-refractivity contribution >= 4 is 17.5 Å². The number of aliphatic hydroxyl groups excluding tert-OH is 1. The van der Waals surface area contributed by atoms with Crippen molar-refractivity contribution in [2.45, 2.75) is 70.8 Å². The van der Waals surface area contributed by atoms with E-state index < -0.39 is 0 Å². The number of nitrogens with zero attached hydrogens (tertiary/aromatic N) is 1. The Morgan fingerprint density at radius 3 is 2.86 bits per heavy atom. The molecule has 1 heterocycles. The van der Waals surface area contributed by atoms with Gasteiger partial charge in [-0.25, -0.2) is 0 Å². The number of nitrogens with one attached hydrogen (secondary N) is 2. The summed E-state index contributed by atoms with van der Waals surface area (Å²) in [5.74, 6) is 0.779. The maximum absolute atomic E-state index is 12.8. The highest BCUT2D eigenvalue weighted by molar-refractivity contribution is 6.33. The first kappa shape index (κ1) is 21.5. The minimum absolute atomic E-state index is 0.0806. The summed E-state index contributed by atoms with van der Waals surface area (Å²) < 4.78 is 0. The smallest absolute Gasteiger partial charge is 0.252 e. The third kappa shape index (κ3) is 5.91. The SMILES string of the molecule is CC(O)CNCCCc1cc(C(=O)NCC23CCCC(CCC2)C3)c(Cl)cn1. The molecule has 1 aromatic heterocycles. The van der Waals surface area contributed by atoms with Crippen LogP contribution in [0.3, 0.4) is 0 Å². The Bertz CT molecular complexity index is 655. The molecule has 2 aliphatic rings. The Labute approximate surface area is 173 Å². The summed E-state index contributed by atoms with van der Waals surface area (Å²) >= 11 is 6.27. The summed E-state index contributed by atoms with van der Waals surface area (Å²) in [5, 5.41) is 16.1. The van der Waals surface area contributed by atoms with Crippen LogP contribution in [0.5, 0.6) is 0 Å².